The second-order valence-corrected chi connectivity index (χ2v) is 9.19. The summed E-state index contributed by atoms with van der Waals surface area (Å²) >= 11 is 0. The summed E-state index contributed by atoms with van der Waals surface area (Å²) in [5.41, 5.74) is 0.212. The number of Topliss-reactive ketones (excluding diaryl/α,β-unsaturated/α-hetero) is 2. The molecule has 0 amide bonds. The Morgan fingerprint density at radius 2 is 1.38 bits per heavy atom. The summed E-state index contributed by atoms with van der Waals surface area (Å²) in [4.78, 5) is 27.8. The Labute approximate surface area is 164 Å². The van der Waals surface area contributed by atoms with Gasteiger partial charge in [-0.1, -0.05) is 24.3 Å². The first-order chi connectivity index (χ1) is 13.5. The van der Waals surface area contributed by atoms with Gasteiger partial charge in [-0.05, 0) is 24.3 Å². The van der Waals surface area contributed by atoms with Gasteiger partial charge in [-0.3, -0.25) is 23.7 Å². The molecule has 9 nitrogen and oxygen atoms in total. The molecule has 0 unspecified atom stereocenters. The van der Waals surface area contributed by atoms with Gasteiger partial charge < -0.3 is 0 Å². The normalized spacial score (nSPS) is 15.1. The molecule has 0 spiro atoms. The average Bonchev–Trinajstić information content (AvgIpc) is 2.90. The number of fused-ring (bicyclic) bond motifs is 2. The number of benzene rings is 2. The van der Waals surface area contributed by atoms with Crippen LogP contribution in [0.5, 0.6) is 0 Å². The largest absolute Gasteiger partial charge is 0.295 e. The van der Waals surface area contributed by atoms with Crippen molar-refractivity contribution in [3.63, 3.8) is 0 Å². The lowest BCUT2D eigenvalue weighted by atomic mass is 9.98. The Bertz CT molecular complexity index is 1410. The van der Waals surface area contributed by atoms with E-state index in [-0.39, 0.29) is 27.7 Å². The van der Waals surface area contributed by atoms with E-state index in [2.05, 4.69) is 4.98 Å². The Kier molecular flexibility index (Phi) is 4.17. The standard InChI is InChI=1S/C18H11NO8S2/c20-17-10-3-1-2-4-11(10)18(21)16(17)13-6-5-12-14(19-13)7-9(28(22,23)24)8-15(12)29(25,26)27/h1-8,16H,(H,22,23,24)(H,25,26,27). The minimum absolute atomic E-state index is 0.0162. The summed E-state index contributed by atoms with van der Waals surface area (Å²) in [6.07, 6.45) is 0. The SMILES string of the molecule is O=C1c2ccccc2C(=O)C1c1ccc2c(S(=O)(=O)O)cc(S(=O)(=O)O)cc2n1. The molecular weight excluding hydrogens is 422 g/mol. The van der Waals surface area contributed by atoms with Crippen LogP contribution in [0.25, 0.3) is 10.9 Å². The van der Waals surface area contributed by atoms with Crippen LogP contribution < -0.4 is 0 Å². The summed E-state index contributed by atoms with van der Waals surface area (Å²) in [5.74, 6) is -2.24. The maximum absolute atomic E-state index is 12.7. The molecule has 11 heteroatoms. The summed E-state index contributed by atoms with van der Waals surface area (Å²) in [7, 11) is -9.68. The number of rotatable bonds is 3. The summed E-state index contributed by atoms with van der Waals surface area (Å²) in [6.45, 7) is 0. The van der Waals surface area contributed by atoms with Crippen LogP contribution in [0.4, 0.5) is 0 Å². The van der Waals surface area contributed by atoms with E-state index in [1.165, 1.54) is 24.3 Å². The zero-order valence-corrected chi connectivity index (χ0v) is 15.9. The van der Waals surface area contributed by atoms with Gasteiger partial charge in [0, 0.05) is 16.5 Å². The van der Waals surface area contributed by atoms with Gasteiger partial charge in [0.05, 0.1) is 16.1 Å². The molecule has 1 heterocycles. The summed E-state index contributed by atoms with van der Waals surface area (Å²) in [6, 6.07) is 10.2. The minimum Gasteiger partial charge on any atom is -0.293 e. The van der Waals surface area contributed by atoms with Crippen molar-refractivity contribution in [2.75, 3.05) is 0 Å². The maximum Gasteiger partial charge on any atom is 0.295 e. The summed E-state index contributed by atoms with van der Waals surface area (Å²) in [5, 5.41) is -0.140. The molecule has 0 aliphatic heterocycles. The van der Waals surface area contributed by atoms with E-state index in [1.807, 2.05) is 0 Å². The third kappa shape index (κ3) is 3.13. The van der Waals surface area contributed by atoms with Crippen molar-refractivity contribution >= 4 is 42.7 Å². The number of hydrogen-bond donors (Lipinski definition) is 2. The lowest BCUT2D eigenvalue weighted by molar-refractivity contribution is 0.0888. The molecule has 1 aliphatic rings. The fourth-order valence-corrected chi connectivity index (χ4v) is 4.66. The molecule has 1 aliphatic carbocycles. The molecule has 1 aromatic heterocycles. The number of ketones is 2. The van der Waals surface area contributed by atoms with Crippen molar-refractivity contribution in [3.8, 4) is 0 Å². The Morgan fingerprint density at radius 1 is 0.793 bits per heavy atom. The fourth-order valence-electron chi connectivity index (χ4n) is 3.33. The number of nitrogens with zero attached hydrogens (tertiary/aromatic N) is 1. The van der Waals surface area contributed by atoms with Crippen molar-refractivity contribution in [3.05, 3.63) is 65.4 Å². The van der Waals surface area contributed by atoms with Gasteiger partial charge in [0.15, 0.2) is 11.6 Å². The molecule has 0 radical (unpaired) electrons. The van der Waals surface area contributed by atoms with Crippen LogP contribution in [0.15, 0.2) is 58.3 Å². The average molecular weight is 433 g/mol. The Morgan fingerprint density at radius 3 is 1.90 bits per heavy atom. The third-order valence-electron chi connectivity index (χ3n) is 4.62. The van der Waals surface area contributed by atoms with Gasteiger partial charge in [0.2, 0.25) is 0 Å². The molecule has 0 saturated carbocycles. The van der Waals surface area contributed by atoms with Crippen LogP contribution in [0.2, 0.25) is 0 Å². The monoisotopic (exact) mass is 433 g/mol. The smallest absolute Gasteiger partial charge is 0.293 e. The Hall–Kier alpha value is -2.99. The lowest BCUT2D eigenvalue weighted by Gasteiger charge is -2.10. The van der Waals surface area contributed by atoms with Gasteiger partial charge in [-0.15, -0.1) is 0 Å². The van der Waals surface area contributed by atoms with E-state index in [4.69, 9.17) is 0 Å². The van der Waals surface area contributed by atoms with Crippen molar-refractivity contribution in [2.24, 2.45) is 0 Å². The molecule has 0 saturated heterocycles. The van der Waals surface area contributed by atoms with Crippen molar-refractivity contribution in [1.29, 1.82) is 0 Å². The second kappa shape index (κ2) is 6.26. The van der Waals surface area contributed by atoms with Crippen LogP contribution in [0.1, 0.15) is 32.3 Å². The van der Waals surface area contributed by atoms with Gasteiger partial charge in [0.1, 0.15) is 10.8 Å². The minimum atomic E-state index is -4.86. The van der Waals surface area contributed by atoms with E-state index in [0.29, 0.717) is 6.07 Å². The predicted molar refractivity (Wildman–Crippen MR) is 99.2 cm³/mol. The summed E-state index contributed by atoms with van der Waals surface area (Å²) < 4.78 is 65.0. The van der Waals surface area contributed by atoms with Crippen LogP contribution in [0, 0.1) is 0 Å². The molecule has 148 valence electrons. The van der Waals surface area contributed by atoms with Gasteiger partial charge in [-0.25, -0.2) is 0 Å². The maximum atomic E-state index is 12.7. The Balaban J connectivity index is 1.96. The highest BCUT2D eigenvalue weighted by atomic mass is 32.2. The molecule has 29 heavy (non-hydrogen) atoms. The van der Waals surface area contributed by atoms with Crippen LogP contribution in [-0.4, -0.2) is 42.5 Å². The highest BCUT2D eigenvalue weighted by Crippen LogP contribution is 2.35. The van der Waals surface area contributed by atoms with Crippen molar-refractivity contribution in [1.82, 2.24) is 4.98 Å². The van der Waals surface area contributed by atoms with Gasteiger partial charge >= 0.3 is 0 Å². The highest BCUT2D eigenvalue weighted by molar-refractivity contribution is 7.86. The van der Waals surface area contributed by atoms with E-state index in [0.717, 1.165) is 6.07 Å². The first-order valence-corrected chi connectivity index (χ1v) is 10.9. The molecule has 2 aromatic carbocycles. The first-order valence-electron chi connectivity index (χ1n) is 8.05. The van der Waals surface area contributed by atoms with Crippen LogP contribution >= 0.6 is 0 Å². The van der Waals surface area contributed by atoms with Gasteiger partial charge in [0.25, 0.3) is 20.2 Å². The molecule has 0 atom stereocenters. The fraction of sp³-hybridized carbons (Fsp3) is 0.0556. The number of aromatic nitrogens is 1. The van der Waals surface area contributed by atoms with E-state index < -0.39 is 47.5 Å². The van der Waals surface area contributed by atoms with Crippen LogP contribution in [0.3, 0.4) is 0 Å². The second-order valence-electron chi connectivity index (χ2n) is 6.38. The highest BCUT2D eigenvalue weighted by Gasteiger charge is 2.40. The first kappa shape index (κ1) is 19.3. The van der Waals surface area contributed by atoms with Crippen LogP contribution in [-0.2, 0) is 20.2 Å². The number of carbonyl (C=O) groups is 2. The number of carbonyl (C=O) groups excluding carboxylic acids is 2. The van der Waals surface area contributed by atoms with Crippen molar-refractivity contribution < 1.29 is 35.5 Å². The molecule has 0 bridgehead atoms. The molecule has 0 fully saturated rings. The van der Waals surface area contributed by atoms with Gasteiger partial charge in [-0.2, -0.15) is 16.8 Å². The molecular formula is C18H11NO8S2. The van der Waals surface area contributed by atoms with E-state index >= 15 is 0 Å². The zero-order chi connectivity index (χ0) is 21.1. The predicted octanol–water partition coefficient (Wildman–Crippen LogP) is 1.89. The number of pyridine rings is 1. The third-order valence-corrected chi connectivity index (χ3v) is 6.34. The van der Waals surface area contributed by atoms with Crippen molar-refractivity contribution in [2.45, 2.75) is 15.7 Å². The van der Waals surface area contributed by atoms with E-state index in [1.54, 1.807) is 12.1 Å². The zero-order valence-electron chi connectivity index (χ0n) is 14.3. The topological polar surface area (TPSA) is 156 Å². The molecule has 4 rings (SSSR count). The van der Waals surface area contributed by atoms with E-state index in [9.17, 15) is 35.5 Å². The lowest BCUT2D eigenvalue weighted by Crippen LogP contribution is -2.15. The molecule has 2 N–H and O–H groups in total. The number of hydrogen-bond acceptors (Lipinski definition) is 7. The quantitative estimate of drug-likeness (QED) is 0.465. The molecule has 3 aromatic rings.